The molecule has 0 aliphatic heterocycles. The summed E-state index contributed by atoms with van der Waals surface area (Å²) >= 11 is 3.90. The van der Waals surface area contributed by atoms with Crippen molar-refractivity contribution in [3.63, 3.8) is 0 Å². The highest BCUT2D eigenvalue weighted by Gasteiger charge is 2.14. The minimum atomic E-state index is -1.06. The molecule has 0 aliphatic carbocycles. The van der Waals surface area contributed by atoms with Crippen molar-refractivity contribution in [2.45, 2.75) is 5.25 Å². The van der Waals surface area contributed by atoms with Gasteiger partial charge in [0.1, 0.15) is 0 Å². The van der Waals surface area contributed by atoms with Gasteiger partial charge in [-0.2, -0.15) is 12.6 Å². The molecule has 1 atom stereocenters. The molecule has 1 radical (unpaired) electrons. The third-order valence-electron chi connectivity index (χ3n) is 1.60. The Kier molecular flexibility index (Phi) is 3.08. The first kappa shape index (κ1) is 9.80. The predicted molar refractivity (Wildman–Crippen MR) is 50.8 cm³/mol. The van der Waals surface area contributed by atoms with Crippen LogP contribution in [0.25, 0.3) is 0 Å². The van der Waals surface area contributed by atoms with Gasteiger partial charge in [0.25, 0.3) is 0 Å². The third kappa shape index (κ3) is 2.09. The monoisotopic (exact) mass is 195 g/mol. The van der Waals surface area contributed by atoms with E-state index in [2.05, 4.69) is 12.6 Å². The fourth-order valence-electron chi connectivity index (χ4n) is 0.994. The minimum absolute atomic E-state index is 0.0888. The number of carbonyl (C=O) groups is 1. The van der Waals surface area contributed by atoms with E-state index in [1.165, 1.54) is 6.07 Å². The summed E-state index contributed by atoms with van der Waals surface area (Å²) in [4.78, 5) is 21.0. The summed E-state index contributed by atoms with van der Waals surface area (Å²) in [6.07, 6.45) is 1.63. The van der Waals surface area contributed by atoms with Gasteiger partial charge in [0.15, 0.2) is 0 Å². The van der Waals surface area contributed by atoms with Crippen molar-refractivity contribution in [3.05, 3.63) is 35.4 Å². The van der Waals surface area contributed by atoms with Gasteiger partial charge in [0.05, 0.1) is 10.8 Å². The van der Waals surface area contributed by atoms with E-state index in [1.54, 1.807) is 24.5 Å². The normalized spacial score (nSPS) is 12.1. The van der Waals surface area contributed by atoms with Crippen LogP contribution in [0, 0.1) is 0 Å². The number of hydrogen-bond acceptors (Lipinski definition) is 3. The predicted octanol–water partition coefficient (Wildman–Crippen LogP) is 1.47. The highest BCUT2D eigenvalue weighted by Crippen LogP contribution is 2.21. The lowest BCUT2D eigenvalue weighted by Gasteiger charge is -2.05. The summed E-state index contributed by atoms with van der Waals surface area (Å²) in [6.45, 7) is 0. The van der Waals surface area contributed by atoms with Crippen molar-refractivity contribution in [3.8, 4) is 0 Å². The number of benzene rings is 1. The summed E-state index contributed by atoms with van der Waals surface area (Å²) < 4.78 is 0. The molecule has 0 bridgehead atoms. The maximum Gasteiger partial charge on any atom is 0.336 e. The van der Waals surface area contributed by atoms with Gasteiger partial charge in [0, 0.05) is 0 Å². The second-order valence-electron chi connectivity index (χ2n) is 2.41. The van der Waals surface area contributed by atoms with Crippen LogP contribution in [0.3, 0.4) is 0 Å². The number of carboxylic acid groups (broad SMARTS) is 1. The standard InChI is InChI=1S/C9H7O3S/c10-5-8(13)6-3-1-2-4-7(6)9(11)12/h1-4,8,13H,(H,11,12). The van der Waals surface area contributed by atoms with E-state index in [4.69, 9.17) is 5.11 Å². The summed E-state index contributed by atoms with van der Waals surface area (Å²) in [5, 5.41) is 7.95. The Morgan fingerprint density at radius 1 is 1.46 bits per heavy atom. The van der Waals surface area contributed by atoms with Crippen LogP contribution in [0.2, 0.25) is 0 Å². The van der Waals surface area contributed by atoms with Gasteiger partial charge < -0.3 is 5.11 Å². The van der Waals surface area contributed by atoms with Crippen LogP contribution >= 0.6 is 12.6 Å². The molecule has 1 unspecified atom stereocenters. The number of carboxylic acids is 1. The molecular weight excluding hydrogens is 188 g/mol. The number of aromatic carboxylic acids is 1. The molecule has 0 saturated heterocycles. The summed E-state index contributed by atoms with van der Waals surface area (Å²) in [7, 11) is 0. The first-order valence-electron chi connectivity index (χ1n) is 3.54. The number of thiol groups is 1. The molecule has 1 N–H and O–H groups in total. The lowest BCUT2D eigenvalue weighted by Crippen LogP contribution is -2.04. The molecule has 1 rings (SSSR count). The first-order chi connectivity index (χ1) is 6.16. The molecule has 3 nitrogen and oxygen atoms in total. The molecule has 0 spiro atoms. The Hall–Kier alpha value is -1.29. The van der Waals surface area contributed by atoms with Gasteiger partial charge in [-0.25, -0.2) is 4.79 Å². The van der Waals surface area contributed by atoms with Gasteiger partial charge in [-0.15, -0.1) is 0 Å². The molecule has 0 aliphatic rings. The molecule has 0 aromatic heterocycles. The maximum atomic E-state index is 10.7. The number of carbonyl (C=O) groups excluding carboxylic acids is 1. The fourth-order valence-corrected chi connectivity index (χ4v) is 1.22. The van der Waals surface area contributed by atoms with Crippen molar-refractivity contribution in [2.75, 3.05) is 0 Å². The van der Waals surface area contributed by atoms with E-state index in [-0.39, 0.29) is 5.56 Å². The van der Waals surface area contributed by atoms with E-state index in [0.717, 1.165) is 0 Å². The average Bonchev–Trinajstić information content (AvgIpc) is 2.16. The smallest absolute Gasteiger partial charge is 0.336 e. The minimum Gasteiger partial charge on any atom is -0.478 e. The third-order valence-corrected chi connectivity index (χ3v) is 1.98. The van der Waals surface area contributed by atoms with E-state index in [9.17, 15) is 9.59 Å². The second-order valence-corrected chi connectivity index (χ2v) is 2.93. The van der Waals surface area contributed by atoms with Crippen molar-refractivity contribution in [1.82, 2.24) is 0 Å². The zero-order valence-corrected chi connectivity index (χ0v) is 7.49. The molecule has 67 valence electrons. The van der Waals surface area contributed by atoms with Crippen molar-refractivity contribution in [2.24, 2.45) is 0 Å². The van der Waals surface area contributed by atoms with Crippen LogP contribution in [0.15, 0.2) is 24.3 Å². The summed E-state index contributed by atoms with van der Waals surface area (Å²) in [5.41, 5.74) is 0.458. The molecule has 0 fully saturated rings. The van der Waals surface area contributed by atoms with Crippen LogP contribution < -0.4 is 0 Å². The van der Waals surface area contributed by atoms with Gasteiger partial charge >= 0.3 is 5.97 Å². The lowest BCUT2D eigenvalue weighted by atomic mass is 10.1. The van der Waals surface area contributed by atoms with Gasteiger partial charge in [-0.05, 0) is 11.6 Å². The van der Waals surface area contributed by atoms with Crippen molar-refractivity contribution in [1.29, 1.82) is 0 Å². The Morgan fingerprint density at radius 3 is 2.62 bits per heavy atom. The van der Waals surface area contributed by atoms with Gasteiger partial charge in [0.2, 0.25) is 6.29 Å². The molecule has 4 heteroatoms. The Balaban J connectivity index is 3.19. The molecule has 0 heterocycles. The highest BCUT2D eigenvalue weighted by atomic mass is 32.1. The van der Waals surface area contributed by atoms with Crippen molar-refractivity contribution < 1.29 is 14.7 Å². The average molecular weight is 195 g/mol. The Bertz CT molecular complexity index is 335. The zero-order chi connectivity index (χ0) is 9.84. The molecular formula is C9H7O3S. The van der Waals surface area contributed by atoms with Crippen LogP contribution in [0.5, 0.6) is 0 Å². The first-order valence-corrected chi connectivity index (χ1v) is 4.06. The molecule has 1 aromatic rings. The Labute approximate surface area is 80.8 Å². The molecule has 13 heavy (non-hydrogen) atoms. The second kappa shape index (κ2) is 4.09. The largest absolute Gasteiger partial charge is 0.478 e. The van der Waals surface area contributed by atoms with Gasteiger partial charge in [-0.3, -0.25) is 4.79 Å². The van der Waals surface area contributed by atoms with Crippen LogP contribution in [-0.4, -0.2) is 17.4 Å². The topological polar surface area (TPSA) is 54.4 Å². The van der Waals surface area contributed by atoms with Crippen LogP contribution in [-0.2, 0) is 4.79 Å². The molecule has 0 amide bonds. The SMILES string of the molecule is O=[C]C(S)c1ccccc1C(=O)O. The number of rotatable bonds is 3. The summed E-state index contributed by atoms with van der Waals surface area (Å²) in [5.74, 6) is -1.06. The highest BCUT2D eigenvalue weighted by molar-refractivity contribution is 7.81. The van der Waals surface area contributed by atoms with Gasteiger partial charge in [-0.1, -0.05) is 18.2 Å². The maximum absolute atomic E-state index is 10.7. The number of hydrogen-bond donors (Lipinski definition) is 2. The Morgan fingerprint density at radius 2 is 2.08 bits per heavy atom. The fraction of sp³-hybridized carbons (Fsp3) is 0.111. The lowest BCUT2D eigenvalue weighted by molar-refractivity contribution is 0.0696. The van der Waals surface area contributed by atoms with Crippen molar-refractivity contribution >= 4 is 24.9 Å². The zero-order valence-electron chi connectivity index (χ0n) is 6.60. The van der Waals surface area contributed by atoms with Crippen LogP contribution in [0.4, 0.5) is 0 Å². The van der Waals surface area contributed by atoms with E-state index >= 15 is 0 Å². The van der Waals surface area contributed by atoms with E-state index in [1.807, 2.05) is 0 Å². The van der Waals surface area contributed by atoms with Crippen LogP contribution in [0.1, 0.15) is 21.2 Å². The van der Waals surface area contributed by atoms with E-state index < -0.39 is 11.2 Å². The quantitative estimate of drug-likeness (QED) is 0.718. The van der Waals surface area contributed by atoms with E-state index in [0.29, 0.717) is 5.56 Å². The summed E-state index contributed by atoms with van der Waals surface area (Å²) in [6, 6.07) is 6.23. The molecule has 1 aromatic carbocycles. The molecule has 0 saturated carbocycles.